The molecule has 0 atom stereocenters. The van der Waals surface area contributed by atoms with Gasteiger partial charge >= 0.3 is 0 Å². The maximum atomic E-state index is 10.4. The van der Waals surface area contributed by atoms with Crippen molar-refractivity contribution in [2.45, 2.75) is 21.3 Å². The third kappa shape index (κ3) is 3.00. The fraction of sp³-hybridized carbons (Fsp3) is 0.375. The molecule has 0 heterocycles. The molecule has 0 spiro atoms. The first-order valence-electron chi connectivity index (χ1n) is 2.65. The van der Waals surface area contributed by atoms with Crippen molar-refractivity contribution in [3.05, 3.63) is 27.9 Å². The summed E-state index contributed by atoms with van der Waals surface area (Å²) in [6.07, 6.45) is 1.94. The van der Waals surface area contributed by atoms with Gasteiger partial charge in [-0.05, 0) is 25.5 Å². The minimum atomic E-state index is 0. The van der Waals surface area contributed by atoms with Crippen LogP contribution in [0.1, 0.15) is 26.8 Å². The second-order valence-electron chi connectivity index (χ2n) is 1.89. The van der Waals surface area contributed by atoms with E-state index in [9.17, 15) is 4.79 Å². The van der Waals surface area contributed by atoms with Gasteiger partial charge in [0, 0.05) is 43.3 Å². The second-order valence-corrected chi connectivity index (χ2v) is 1.89. The third-order valence-electron chi connectivity index (χ3n) is 1.32. The molecule has 2 heteroatoms. The van der Waals surface area contributed by atoms with Gasteiger partial charge in [-0.2, -0.15) is 0 Å². The molecule has 1 aromatic carbocycles. The van der Waals surface area contributed by atoms with Crippen molar-refractivity contribution < 1.29 is 37.7 Å². The Hall–Kier alpha value is 0.410. The Morgan fingerprint density at radius 1 is 1.60 bits per heavy atom. The van der Waals surface area contributed by atoms with Crippen LogP contribution in [0.15, 0.2) is 16.9 Å². The smallest absolute Gasteiger partial charge is 0.186 e. The van der Waals surface area contributed by atoms with E-state index in [1.807, 2.05) is 19.9 Å². The Labute approximate surface area is 91.8 Å². The number of hydrogen-bond acceptors (Lipinski definition) is 1. The van der Waals surface area contributed by atoms with E-state index in [1.165, 1.54) is 0 Å². The molecule has 0 aliphatic carbocycles. The Morgan fingerprint density at radius 2 is 2.00 bits per heavy atom. The Morgan fingerprint density at radius 3 is 2.10 bits per heavy atom. The molecule has 0 aliphatic heterocycles. The van der Waals surface area contributed by atoms with E-state index >= 15 is 0 Å². The molecule has 0 aliphatic rings. The first kappa shape index (κ1) is 13.0. The van der Waals surface area contributed by atoms with E-state index in [2.05, 4.69) is 0 Å². The molecule has 0 radical (unpaired) electrons. The zero-order chi connectivity index (χ0) is 6.15. The van der Waals surface area contributed by atoms with Crippen molar-refractivity contribution in [1.82, 2.24) is 0 Å². The Bertz CT molecular complexity index is 229. The normalized spacial score (nSPS) is 10.4. The molecule has 1 nitrogen and oxygen atoms in total. The molecule has 0 fully saturated rings. The van der Waals surface area contributed by atoms with Gasteiger partial charge in [0.15, 0.2) is 5.43 Å². The number of hydrogen-bond donors (Lipinski definition) is 0. The molecule has 0 bridgehead atoms. The Kier molecular flexibility index (Phi) is 6.66. The summed E-state index contributed by atoms with van der Waals surface area (Å²) in [6.45, 7) is 3.87. The van der Waals surface area contributed by atoms with Gasteiger partial charge in [0.1, 0.15) is 0 Å². The van der Waals surface area contributed by atoms with Gasteiger partial charge in [0.2, 0.25) is 0 Å². The van der Waals surface area contributed by atoms with E-state index in [0.717, 1.165) is 11.1 Å². The molecular weight excluding hydrogens is 152 g/mol. The SMILES string of the molecule is C.C/C=C(\C)c1cc1=O.[Ar]. The summed E-state index contributed by atoms with van der Waals surface area (Å²) in [5.74, 6) is 0. The average Bonchev–Trinajstić information content (AvgIpc) is 2.45. The predicted octanol–water partition coefficient (Wildman–Crippen LogP) is 1.98. The molecule has 0 saturated carbocycles. The standard InChI is InChI=1S/C7H8O.CH4.Ar/c1-3-5(2)6-4-7(6)8;;/h3-4H,1-2H3;1H4;/b5-3+;;. The van der Waals surface area contributed by atoms with Gasteiger partial charge in [-0.3, -0.25) is 4.79 Å². The molecule has 10 heavy (non-hydrogen) atoms. The van der Waals surface area contributed by atoms with Crippen molar-refractivity contribution in [2.75, 3.05) is 0 Å². The molecule has 1 rings (SSSR count). The maximum absolute atomic E-state index is 10.4. The molecule has 1 aromatic rings. The van der Waals surface area contributed by atoms with E-state index in [4.69, 9.17) is 0 Å². The summed E-state index contributed by atoms with van der Waals surface area (Å²) in [6, 6.07) is 1.65. The fourth-order valence-electron chi connectivity index (χ4n) is 0.559. The van der Waals surface area contributed by atoms with Gasteiger partial charge in [0.05, 0.1) is 0 Å². The second kappa shape index (κ2) is 5.11. The van der Waals surface area contributed by atoms with Crippen LogP contribution in [0, 0.1) is 37.7 Å². The van der Waals surface area contributed by atoms with E-state index in [-0.39, 0.29) is 50.6 Å². The van der Waals surface area contributed by atoms with Gasteiger partial charge in [0.25, 0.3) is 0 Å². The predicted molar refractivity (Wildman–Crippen MR) is 41.1 cm³/mol. The van der Waals surface area contributed by atoms with Gasteiger partial charge in [-0.25, -0.2) is 0 Å². The number of allylic oxidation sites excluding steroid dienone is 2. The van der Waals surface area contributed by atoms with Crippen LogP contribution >= 0.6 is 0 Å². The van der Waals surface area contributed by atoms with Crippen molar-refractivity contribution in [3.8, 4) is 0 Å². The molecule has 58 valence electrons. The summed E-state index contributed by atoms with van der Waals surface area (Å²) in [5.41, 5.74) is 2.18. The van der Waals surface area contributed by atoms with Crippen LogP contribution in [0.25, 0.3) is 5.57 Å². The first-order valence-corrected chi connectivity index (χ1v) is 2.65. The monoisotopic (exact) mass is 164 g/mol. The van der Waals surface area contributed by atoms with E-state index in [1.54, 1.807) is 6.07 Å². The topological polar surface area (TPSA) is 17.1 Å². The first-order chi connectivity index (χ1) is 3.75. The van der Waals surface area contributed by atoms with Crippen LogP contribution in [0.5, 0.6) is 0 Å². The zero-order valence-electron chi connectivity index (χ0n) is 5.42. The van der Waals surface area contributed by atoms with Crippen molar-refractivity contribution >= 4 is 5.57 Å². The summed E-state index contributed by atoms with van der Waals surface area (Å²) in [5, 5.41) is 0. The van der Waals surface area contributed by atoms with Gasteiger partial charge in [-0.15, -0.1) is 0 Å². The van der Waals surface area contributed by atoms with E-state index in [0.29, 0.717) is 0 Å². The average molecular weight is 164 g/mol. The van der Waals surface area contributed by atoms with Crippen molar-refractivity contribution in [1.29, 1.82) is 0 Å². The van der Waals surface area contributed by atoms with Crippen LogP contribution < -0.4 is 5.43 Å². The molecule has 0 saturated heterocycles. The maximum Gasteiger partial charge on any atom is 0.186 e. The Balaban J connectivity index is 0. The van der Waals surface area contributed by atoms with Crippen LogP contribution in [-0.2, 0) is 0 Å². The molecule has 0 unspecified atom stereocenters. The van der Waals surface area contributed by atoms with Crippen LogP contribution in [0.3, 0.4) is 0 Å². The number of rotatable bonds is 1. The van der Waals surface area contributed by atoms with Crippen molar-refractivity contribution in [2.24, 2.45) is 0 Å². The quantitative estimate of drug-likeness (QED) is 0.620. The largest absolute Gasteiger partial charge is 0.289 e. The van der Waals surface area contributed by atoms with Gasteiger partial charge in [-0.1, -0.05) is 13.5 Å². The molecule has 0 N–H and O–H groups in total. The fourth-order valence-corrected chi connectivity index (χ4v) is 0.559. The molecule has 0 aromatic heterocycles. The molecular formula is C8H12ArO. The van der Waals surface area contributed by atoms with Gasteiger partial charge < -0.3 is 0 Å². The summed E-state index contributed by atoms with van der Waals surface area (Å²) < 4.78 is 0. The van der Waals surface area contributed by atoms with Crippen LogP contribution in [-0.4, -0.2) is 0 Å². The molecule has 0 amide bonds. The van der Waals surface area contributed by atoms with Crippen LogP contribution in [0.4, 0.5) is 0 Å². The minimum absolute atomic E-state index is 0. The summed E-state index contributed by atoms with van der Waals surface area (Å²) in [7, 11) is 0. The summed E-state index contributed by atoms with van der Waals surface area (Å²) >= 11 is 0. The zero-order valence-corrected chi connectivity index (χ0v) is 6.12. The minimum Gasteiger partial charge on any atom is -0.289 e. The van der Waals surface area contributed by atoms with Crippen LogP contribution in [0.2, 0.25) is 0 Å². The summed E-state index contributed by atoms with van der Waals surface area (Å²) in [4.78, 5) is 10.4. The third-order valence-corrected chi connectivity index (χ3v) is 1.32. The van der Waals surface area contributed by atoms with Crippen molar-refractivity contribution in [3.63, 3.8) is 0 Å². The van der Waals surface area contributed by atoms with E-state index < -0.39 is 0 Å².